The molecule has 1 aliphatic carbocycles. The van der Waals surface area contributed by atoms with Gasteiger partial charge in [0.2, 0.25) is 0 Å². The van der Waals surface area contributed by atoms with Crippen molar-refractivity contribution in [2.75, 3.05) is 0 Å². The maximum atomic E-state index is 12.8. The average molecular weight is 531 g/mol. The summed E-state index contributed by atoms with van der Waals surface area (Å²) in [6.45, 7) is 5.90. The largest absolute Gasteiger partial charge is 0.444 e. The maximum absolute atomic E-state index is 12.8. The number of hydrogen-bond donors (Lipinski definition) is 1. The van der Waals surface area contributed by atoms with E-state index in [0.29, 0.717) is 0 Å². The molecular weight excluding hydrogens is 496 g/mol. The van der Waals surface area contributed by atoms with Crippen LogP contribution in [-0.4, -0.2) is 26.1 Å². The molecular formula is C34H34N4O2. The van der Waals surface area contributed by atoms with Crippen molar-refractivity contribution in [3.8, 4) is 33.6 Å². The van der Waals surface area contributed by atoms with Crippen LogP contribution < -0.4 is 5.32 Å². The summed E-state index contributed by atoms with van der Waals surface area (Å²) in [5, 5.41) is 3.19. The van der Waals surface area contributed by atoms with Crippen molar-refractivity contribution >= 4 is 11.7 Å². The molecule has 6 heteroatoms. The zero-order chi connectivity index (χ0) is 27.7. The molecule has 6 rings (SSSR count). The quantitative estimate of drug-likeness (QED) is 0.231. The third-order valence-electron chi connectivity index (χ3n) is 8.17. The summed E-state index contributed by atoms with van der Waals surface area (Å²) in [7, 11) is 0. The van der Waals surface area contributed by atoms with E-state index in [4.69, 9.17) is 9.72 Å². The van der Waals surface area contributed by atoms with Gasteiger partial charge in [0.05, 0.1) is 16.9 Å². The molecule has 2 aromatic carbocycles. The van der Waals surface area contributed by atoms with E-state index in [1.807, 2.05) is 51.4 Å². The first kappa shape index (κ1) is 25.8. The predicted octanol–water partition coefficient (Wildman–Crippen LogP) is 8.02. The molecule has 1 amide bonds. The summed E-state index contributed by atoms with van der Waals surface area (Å²) in [6, 6.07) is 27.1. The number of pyridine rings is 2. The van der Waals surface area contributed by atoms with E-state index in [9.17, 15) is 4.79 Å². The minimum Gasteiger partial charge on any atom is -0.444 e. The van der Waals surface area contributed by atoms with Gasteiger partial charge >= 0.3 is 6.09 Å². The molecule has 1 fully saturated rings. The molecule has 1 aliphatic rings. The number of alkyl carbamates (subject to hydrolysis) is 1. The first-order chi connectivity index (χ1) is 19.4. The fourth-order valence-corrected chi connectivity index (χ4v) is 5.35. The standard InChI is InChI=1S/C34H34N4O2/c1-4-33(2,3)40-32(39)37-34(18-8-19-34)28-13-11-25(12-14-28)30-31(26-9-6-5-7-10-26)38-22-17-27(23-29(38)36-30)24-15-20-35-21-16-24/h5-7,9-17,20-23H,4,8,18-19H2,1-3H3,(H,37,39). The second-order valence-corrected chi connectivity index (χ2v) is 11.2. The van der Waals surface area contributed by atoms with Crippen LogP contribution in [0.4, 0.5) is 4.79 Å². The van der Waals surface area contributed by atoms with Crippen LogP contribution in [0.3, 0.4) is 0 Å². The summed E-state index contributed by atoms with van der Waals surface area (Å²) in [5.41, 5.74) is 7.39. The normalized spacial score (nSPS) is 14.5. The number of ether oxygens (including phenoxy) is 1. The Morgan fingerprint density at radius 1 is 0.925 bits per heavy atom. The van der Waals surface area contributed by atoms with Crippen molar-refractivity contribution in [2.45, 2.75) is 57.6 Å². The highest BCUT2D eigenvalue weighted by atomic mass is 16.6. The fourth-order valence-electron chi connectivity index (χ4n) is 5.35. The maximum Gasteiger partial charge on any atom is 0.408 e. The van der Waals surface area contributed by atoms with Crippen LogP contribution in [0.25, 0.3) is 39.3 Å². The Morgan fingerprint density at radius 3 is 2.30 bits per heavy atom. The van der Waals surface area contributed by atoms with Gasteiger partial charge in [0, 0.05) is 29.7 Å². The van der Waals surface area contributed by atoms with Crippen molar-refractivity contribution in [3.05, 3.63) is 103 Å². The molecule has 0 radical (unpaired) electrons. The van der Waals surface area contributed by atoms with Crippen LogP contribution in [0.2, 0.25) is 0 Å². The topological polar surface area (TPSA) is 68.5 Å². The van der Waals surface area contributed by atoms with E-state index in [1.54, 1.807) is 0 Å². The third kappa shape index (κ3) is 4.86. The van der Waals surface area contributed by atoms with Crippen LogP contribution in [-0.2, 0) is 10.3 Å². The minimum atomic E-state index is -0.493. The number of hydrogen-bond acceptors (Lipinski definition) is 4. The minimum absolute atomic E-state index is 0.354. The Labute approximate surface area is 235 Å². The van der Waals surface area contributed by atoms with Gasteiger partial charge in [-0.1, -0.05) is 61.5 Å². The molecule has 0 saturated heterocycles. The van der Waals surface area contributed by atoms with E-state index < -0.39 is 5.60 Å². The van der Waals surface area contributed by atoms with Crippen molar-refractivity contribution in [3.63, 3.8) is 0 Å². The number of rotatable bonds is 7. The van der Waals surface area contributed by atoms with Gasteiger partial charge in [0.15, 0.2) is 0 Å². The number of carbonyl (C=O) groups excluding carboxylic acids is 1. The molecule has 0 atom stereocenters. The molecule has 0 unspecified atom stereocenters. The Balaban J connectivity index is 1.37. The number of amides is 1. The molecule has 5 aromatic rings. The second kappa shape index (κ2) is 10.3. The zero-order valence-electron chi connectivity index (χ0n) is 23.2. The number of aromatic nitrogens is 3. The Hall–Kier alpha value is -4.45. The fraction of sp³-hybridized carbons (Fsp3) is 0.265. The summed E-state index contributed by atoms with van der Waals surface area (Å²) in [6.07, 6.45) is 8.98. The first-order valence-electron chi connectivity index (χ1n) is 14.0. The van der Waals surface area contributed by atoms with Crippen molar-refractivity contribution in [2.24, 2.45) is 0 Å². The summed E-state index contributed by atoms with van der Waals surface area (Å²) >= 11 is 0. The molecule has 1 saturated carbocycles. The number of imidazole rings is 1. The molecule has 0 bridgehead atoms. The number of fused-ring (bicyclic) bond motifs is 1. The molecule has 0 spiro atoms. The van der Waals surface area contributed by atoms with Crippen LogP contribution in [0.15, 0.2) is 97.5 Å². The Bertz CT molecular complexity index is 1640. The number of benzene rings is 2. The van der Waals surface area contributed by atoms with Crippen molar-refractivity contribution in [1.29, 1.82) is 0 Å². The van der Waals surface area contributed by atoms with Gasteiger partial charge in [-0.15, -0.1) is 0 Å². The highest BCUT2D eigenvalue weighted by molar-refractivity contribution is 5.83. The van der Waals surface area contributed by atoms with Gasteiger partial charge < -0.3 is 10.1 Å². The van der Waals surface area contributed by atoms with E-state index in [2.05, 4.69) is 81.6 Å². The highest BCUT2D eigenvalue weighted by Crippen LogP contribution is 2.43. The zero-order valence-corrected chi connectivity index (χ0v) is 23.2. The van der Waals surface area contributed by atoms with E-state index in [1.165, 1.54) is 0 Å². The molecule has 6 nitrogen and oxygen atoms in total. The molecule has 3 aromatic heterocycles. The van der Waals surface area contributed by atoms with Gasteiger partial charge in [0.25, 0.3) is 0 Å². The lowest BCUT2D eigenvalue weighted by Gasteiger charge is -2.43. The van der Waals surface area contributed by atoms with Gasteiger partial charge in [0.1, 0.15) is 11.2 Å². The number of carbonyl (C=O) groups is 1. The molecule has 202 valence electrons. The van der Waals surface area contributed by atoms with E-state index in [-0.39, 0.29) is 11.6 Å². The number of nitrogens with zero attached hydrogens (tertiary/aromatic N) is 3. The van der Waals surface area contributed by atoms with E-state index in [0.717, 1.165) is 70.5 Å². The number of nitrogens with one attached hydrogen (secondary N) is 1. The molecule has 3 heterocycles. The highest BCUT2D eigenvalue weighted by Gasteiger charge is 2.41. The predicted molar refractivity (Wildman–Crippen MR) is 159 cm³/mol. The summed E-state index contributed by atoms with van der Waals surface area (Å²) < 4.78 is 7.86. The van der Waals surface area contributed by atoms with Gasteiger partial charge in [-0.2, -0.15) is 0 Å². The van der Waals surface area contributed by atoms with Crippen molar-refractivity contribution < 1.29 is 9.53 Å². The molecule has 0 aliphatic heterocycles. The lowest BCUT2D eigenvalue weighted by atomic mass is 9.71. The van der Waals surface area contributed by atoms with Crippen molar-refractivity contribution in [1.82, 2.24) is 19.7 Å². The van der Waals surface area contributed by atoms with Gasteiger partial charge in [-0.25, -0.2) is 9.78 Å². The van der Waals surface area contributed by atoms with Gasteiger partial charge in [-0.3, -0.25) is 9.38 Å². The lowest BCUT2D eigenvalue weighted by Crippen LogP contribution is -2.52. The summed E-state index contributed by atoms with van der Waals surface area (Å²) in [5.74, 6) is 0. The molecule has 40 heavy (non-hydrogen) atoms. The Morgan fingerprint density at radius 2 is 1.65 bits per heavy atom. The lowest BCUT2D eigenvalue weighted by molar-refractivity contribution is 0.0236. The second-order valence-electron chi connectivity index (χ2n) is 11.2. The summed E-state index contributed by atoms with van der Waals surface area (Å²) in [4.78, 5) is 22.0. The van der Waals surface area contributed by atoms with Crippen LogP contribution in [0, 0.1) is 0 Å². The Kier molecular flexibility index (Phi) is 6.62. The average Bonchev–Trinajstić information content (AvgIpc) is 3.35. The molecule has 1 N–H and O–H groups in total. The van der Waals surface area contributed by atoms with E-state index >= 15 is 0 Å². The third-order valence-corrected chi connectivity index (χ3v) is 8.17. The van der Waals surface area contributed by atoms with Gasteiger partial charge in [-0.05, 0) is 80.5 Å². The monoisotopic (exact) mass is 530 g/mol. The SMILES string of the molecule is CCC(C)(C)OC(=O)NC1(c2ccc(-c3nc4cc(-c5ccncc5)ccn4c3-c3ccccc3)cc2)CCC1. The van der Waals surface area contributed by atoms with Crippen LogP contribution >= 0.6 is 0 Å². The smallest absolute Gasteiger partial charge is 0.408 e. The van der Waals surface area contributed by atoms with Crippen LogP contribution in [0.5, 0.6) is 0 Å². The van der Waals surface area contributed by atoms with Crippen LogP contribution in [0.1, 0.15) is 52.0 Å². The first-order valence-corrected chi connectivity index (χ1v) is 14.0.